The number of carbonyl (C=O) groups is 1. The molecule has 7 nitrogen and oxygen atoms in total. The van der Waals surface area contributed by atoms with E-state index < -0.39 is 0 Å². The highest BCUT2D eigenvalue weighted by atomic mass is 19.1. The summed E-state index contributed by atoms with van der Waals surface area (Å²) in [7, 11) is 0. The molecule has 1 aromatic carbocycles. The Morgan fingerprint density at radius 1 is 1.20 bits per heavy atom. The van der Waals surface area contributed by atoms with E-state index in [4.69, 9.17) is 4.74 Å². The molecule has 8 heteroatoms. The van der Waals surface area contributed by atoms with Gasteiger partial charge < -0.3 is 20.3 Å². The first kappa shape index (κ1) is 17.1. The van der Waals surface area contributed by atoms with Gasteiger partial charge in [0.25, 0.3) is 5.91 Å². The molecular weight excluding hydrogens is 325 g/mol. The fourth-order valence-electron chi connectivity index (χ4n) is 2.51. The van der Waals surface area contributed by atoms with Crippen LogP contribution < -0.4 is 15.5 Å². The van der Waals surface area contributed by atoms with E-state index in [1.54, 1.807) is 6.20 Å². The summed E-state index contributed by atoms with van der Waals surface area (Å²) in [5.41, 5.74) is 1.42. The minimum atomic E-state index is -0.364. The quantitative estimate of drug-likeness (QED) is 0.768. The Morgan fingerprint density at radius 2 is 1.96 bits per heavy atom. The predicted molar refractivity (Wildman–Crippen MR) is 92.3 cm³/mol. The van der Waals surface area contributed by atoms with E-state index in [0.717, 1.165) is 18.8 Å². The number of hydrogen-bond acceptors (Lipinski definition) is 6. The van der Waals surface area contributed by atoms with Gasteiger partial charge in [0, 0.05) is 37.8 Å². The van der Waals surface area contributed by atoms with Crippen molar-refractivity contribution in [2.45, 2.75) is 0 Å². The first-order valence-electron chi connectivity index (χ1n) is 8.15. The zero-order valence-electron chi connectivity index (χ0n) is 13.7. The van der Waals surface area contributed by atoms with Crippen molar-refractivity contribution in [1.29, 1.82) is 0 Å². The highest BCUT2D eigenvalue weighted by Crippen LogP contribution is 2.16. The van der Waals surface area contributed by atoms with Gasteiger partial charge in [-0.15, -0.1) is 5.10 Å². The number of benzene rings is 1. The molecule has 1 aromatic heterocycles. The van der Waals surface area contributed by atoms with Crippen LogP contribution in [0.3, 0.4) is 0 Å². The number of halogens is 1. The van der Waals surface area contributed by atoms with Gasteiger partial charge in [-0.2, -0.15) is 5.10 Å². The van der Waals surface area contributed by atoms with Crippen LogP contribution in [0.15, 0.2) is 36.5 Å². The Hall–Kier alpha value is -2.74. The second-order valence-corrected chi connectivity index (χ2v) is 5.59. The molecule has 1 saturated heterocycles. The van der Waals surface area contributed by atoms with E-state index in [1.807, 2.05) is 6.07 Å². The fourth-order valence-corrected chi connectivity index (χ4v) is 2.51. The molecule has 0 atom stereocenters. The molecule has 25 heavy (non-hydrogen) atoms. The second-order valence-electron chi connectivity index (χ2n) is 5.59. The number of rotatable bonds is 6. The van der Waals surface area contributed by atoms with E-state index in [9.17, 15) is 9.18 Å². The minimum Gasteiger partial charge on any atom is -0.378 e. The summed E-state index contributed by atoms with van der Waals surface area (Å²) in [5, 5.41) is 14.0. The number of hydrogen-bond donors (Lipinski definition) is 2. The maximum absolute atomic E-state index is 12.8. The van der Waals surface area contributed by atoms with Gasteiger partial charge in [0.1, 0.15) is 5.82 Å². The molecule has 1 fully saturated rings. The van der Waals surface area contributed by atoms with E-state index in [-0.39, 0.29) is 11.7 Å². The van der Waals surface area contributed by atoms with Gasteiger partial charge in [-0.1, -0.05) is 0 Å². The molecule has 0 saturated carbocycles. The molecule has 0 bridgehead atoms. The van der Waals surface area contributed by atoms with Crippen LogP contribution in [0, 0.1) is 5.82 Å². The average molecular weight is 345 g/mol. The zero-order valence-corrected chi connectivity index (χ0v) is 13.7. The van der Waals surface area contributed by atoms with Crippen LogP contribution in [-0.2, 0) is 4.74 Å². The van der Waals surface area contributed by atoms with Gasteiger partial charge in [0.15, 0.2) is 5.82 Å². The van der Waals surface area contributed by atoms with Crippen molar-refractivity contribution in [3.8, 4) is 0 Å². The summed E-state index contributed by atoms with van der Waals surface area (Å²) in [6.07, 6.45) is 1.73. The summed E-state index contributed by atoms with van der Waals surface area (Å²) in [6, 6.07) is 7.37. The largest absolute Gasteiger partial charge is 0.378 e. The monoisotopic (exact) mass is 345 g/mol. The number of anilines is 2. The van der Waals surface area contributed by atoms with Crippen molar-refractivity contribution >= 4 is 17.4 Å². The lowest BCUT2D eigenvalue weighted by atomic mass is 10.2. The number of amides is 1. The number of nitrogens with one attached hydrogen (secondary N) is 2. The Kier molecular flexibility index (Phi) is 5.73. The van der Waals surface area contributed by atoms with Crippen molar-refractivity contribution in [3.63, 3.8) is 0 Å². The molecule has 2 N–H and O–H groups in total. The Balaban J connectivity index is 1.45. The van der Waals surface area contributed by atoms with E-state index in [0.29, 0.717) is 37.7 Å². The average Bonchev–Trinajstić information content (AvgIpc) is 2.66. The molecule has 0 radical (unpaired) electrons. The molecule has 0 aliphatic carbocycles. The normalized spacial score (nSPS) is 14.2. The number of nitrogens with zero attached hydrogens (tertiary/aromatic N) is 3. The van der Waals surface area contributed by atoms with Crippen molar-refractivity contribution in [3.05, 3.63) is 47.9 Å². The summed E-state index contributed by atoms with van der Waals surface area (Å²) in [5.74, 6) is 0.0481. The van der Waals surface area contributed by atoms with Crippen LogP contribution in [-0.4, -0.2) is 55.5 Å². The van der Waals surface area contributed by atoms with Crippen molar-refractivity contribution < 1.29 is 13.9 Å². The van der Waals surface area contributed by atoms with Crippen LogP contribution in [0.5, 0.6) is 0 Å². The lowest BCUT2D eigenvalue weighted by Gasteiger charge is -2.28. The Morgan fingerprint density at radius 3 is 2.72 bits per heavy atom. The lowest BCUT2D eigenvalue weighted by molar-refractivity contribution is 0.0955. The Labute approximate surface area is 145 Å². The topological polar surface area (TPSA) is 79.4 Å². The number of aromatic nitrogens is 2. The highest BCUT2D eigenvalue weighted by molar-refractivity contribution is 5.94. The van der Waals surface area contributed by atoms with Gasteiger partial charge in [-0.3, -0.25) is 4.79 Å². The van der Waals surface area contributed by atoms with Gasteiger partial charge in [0.2, 0.25) is 0 Å². The molecule has 2 heterocycles. The summed E-state index contributed by atoms with van der Waals surface area (Å²) >= 11 is 0. The summed E-state index contributed by atoms with van der Waals surface area (Å²) in [6.45, 7) is 4.01. The van der Waals surface area contributed by atoms with E-state index in [1.165, 1.54) is 24.3 Å². The molecule has 2 aromatic rings. The van der Waals surface area contributed by atoms with E-state index >= 15 is 0 Å². The SMILES string of the molecule is O=C(NCCNc1cc(N2CCOCC2)cnn1)c1ccc(F)cc1. The molecule has 3 rings (SSSR count). The van der Waals surface area contributed by atoms with Crippen LogP contribution in [0.4, 0.5) is 15.9 Å². The van der Waals surface area contributed by atoms with Crippen LogP contribution in [0.1, 0.15) is 10.4 Å². The van der Waals surface area contributed by atoms with Crippen LogP contribution >= 0.6 is 0 Å². The van der Waals surface area contributed by atoms with Gasteiger partial charge in [-0.05, 0) is 24.3 Å². The molecule has 1 aliphatic heterocycles. The number of morpholine rings is 1. The first-order chi connectivity index (χ1) is 12.2. The Bertz CT molecular complexity index is 704. The molecule has 132 valence electrons. The summed E-state index contributed by atoms with van der Waals surface area (Å²) < 4.78 is 18.2. The van der Waals surface area contributed by atoms with Crippen molar-refractivity contribution in [2.75, 3.05) is 49.6 Å². The van der Waals surface area contributed by atoms with Crippen LogP contribution in [0.2, 0.25) is 0 Å². The molecule has 1 aliphatic rings. The second kappa shape index (κ2) is 8.39. The molecular formula is C17H20FN5O2. The minimum absolute atomic E-state index is 0.241. The smallest absolute Gasteiger partial charge is 0.251 e. The fraction of sp³-hybridized carbons (Fsp3) is 0.353. The van der Waals surface area contributed by atoms with Gasteiger partial charge in [0.05, 0.1) is 25.1 Å². The standard InChI is InChI=1S/C17H20FN5O2/c18-14-3-1-13(2-4-14)17(24)20-6-5-19-16-11-15(12-21-22-16)23-7-9-25-10-8-23/h1-4,11-12H,5-10H2,(H,19,22)(H,20,24). The molecule has 0 spiro atoms. The highest BCUT2D eigenvalue weighted by Gasteiger charge is 2.12. The summed E-state index contributed by atoms with van der Waals surface area (Å²) in [4.78, 5) is 14.1. The van der Waals surface area contributed by atoms with Crippen molar-refractivity contribution in [2.24, 2.45) is 0 Å². The number of carbonyl (C=O) groups excluding carboxylic acids is 1. The van der Waals surface area contributed by atoms with Crippen molar-refractivity contribution in [1.82, 2.24) is 15.5 Å². The third kappa shape index (κ3) is 4.87. The van der Waals surface area contributed by atoms with Gasteiger partial charge in [-0.25, -0.2) is 4.39 Å². The predicted octanol–water partition coefficient (Wildman–Crippen LogP) is 1.29. The third-order valence-corrected chi connectivity index (χ3v) is 3.84. The molecule has 0 unspecified atom stereocenters. The number of ether oxygens (including phenoxy) is 1. The van der Waals surface area contributed by atoms with Gasteiger partial charge >= 0.3 is 0 Å². The maximum Gasteiger partial charge on any atom is 0.251 e. The maximum atomic E-state index is 12.8. The van der Waals surface area contributed by atoms with Crippen LogP contribution in [0.25, 0.3) is 0 Å². The first-order valence-corrected chi connectivity index (χ1v) is 8.15. The zero-order chi connectivity index (χ0) is 17.5. The lowest BCUT2D eigenvalue weighted by Crippen LogP contribution is -2.36. The third-order valence-electron chi connectivity index (χ3n) is 3.84. The molecule has 1 amide bonds. The van der Waals surface area contributed by atoms with E-state index in [2.05, 4.69) is 25.7 Å².